The molecule has 0 radical (unpaired) electrons. The lowest BCUT2D eigenvalue weighted by molar-refractivity contribution is -0.725. The molecule has 1 aromatic carbocycles. The number of unbranched alkanes of at least 4 members (excludes halogenated alkanes) is 1. The standard InChI is InChI=1S/C19H30FN3O4S.C2HF3O2/c1-2-3-9-16(20)10-6-8-15-7-4-5-11-17(15)22-28(26,27)23-19(12-18(24)25)13-21-14-19;3-2(4,5)1(6)7/h4-5,7,11,16,21-23H,2-3,6,8-10,12-14H2,1H3,(H,24,25);(H,6,7). The van der Waals surface area contributed by atoms with Crippen LogP contribution in [0.1, 0.15) is 51.0 Å². The fourth-order valence-corrected chi connectivity index (χ4v) is 4.77. The second-order valence-corrected chi connectivity index (χ2v) is 9.74. The molecule has 0 aliphatic carbocycles. The number of alkyl halides is 4. The molecular weight excluding hydrogens is 498 g/mol. The molecule has 1 fully saturated rings. The van der Waals surface area contributed by atoms with Gasteiger partial charge in [0.15, 0.2) is 0 Å². The molecule has 200 valence electrons. The van der Waals surface area contributed by atoms with Crippen molar-refractivity contribution < 1.29 is 51.1 Å². The van der Waals surface area contributed by atoms with Gasteiger partial charge in [-0.3, -0.25) is 9.52 Å². The van der Waals surface area contributed by atoms with Crippen molar-refractivity contribution >= 4 is 27.8 Å². The number of hydrogen-bond donors (Lipinski definition) is 4. The van der Waals surface area contributed by atoms with Gasteiger partial charge in [-0.25, -0.2) is 4.39 Å². The summed E-state index contributed by atoms with van der Waals surface area (Å²) in [6.45, 7) is 2.81. The number of anilines is 1. The predicted molar refractivity (Wildman–Crippen MR) is 117 cm³/mol. The van der Waals surface area contributed by atoms with Crippen LogP contribution < -0.4 is 19.9 Å². The zero-order valence-electron chi connectivity index (χ0n) is 19.2. The molecule has 14 heteroatoms. The number of aliphatic carboxylic acids is 2. The Labute approximate surface area is 201 Å². The summed E-state index contributed by atoms with van der Waals surface area (Å²) < 4.78 is 75.5. The molecule has 1 heterocycles. The third-order valence-electron chi connectivity index (χ3n) is 5.24. The average Bonchev–Trinajstić information content (AvgIpc) is 2.71. The van der Waals surface area contributed by atoms with Crippen LogP contribution in [0, 0.1) is 0 Å². The van der Waals surface area contributed by atoms with Gasteiger partial charge in [-0.1, -0.05) is 38.0 Å². The van der Waals surface area contributed by atoms with Crippen molar-refractivity contribution in [2.45, 2.75) is 69.8 Å². The molecule has 1 aliphatic heterocycles. The van der Waals surface area contributed by atoms with Crippen LogP contribution in [0.4, 0.5) is 23.2 Å². The van der Waals surface area contributed by atoms with Gasteiger partial charge in [0, 0.05) is 0 Å². The van der Waals surface area contributed by atoms with Crippen LogP contribution >= 0.6 is 0 Å². The first kappa shape index (κ1) is 30.6. The van der Waals surface area contributed by atoms with Crippen LogP contribution in [0.5, 0.6) is 0 Å². The molecule has 5 N–H and O–H groups in total. The number of quaternary nitrogens is 1. The lowest BCUT2D eigenvalue weighted by atomic mass is 9.90. The Kier molecular flexibility index (Phi) is 11.9. The number of aryl methyl sites for hydroxylation is 1. The molecule has 1 saturated heterocycles. The van der Waals surface area contributed by atoms with E-state index >= 15 is 0 Å². The minimum Gasteiger partial charge on any atom is -0.542 e. The molecular formula is C21H31F4N3O6S. The van der Waals surface area contributed by atoms with Crippen LogP contribution in [0.15, 0.2) is 24.3 Å². The van der Waals surface area contributed by atoms with Gasteiger partial charge in [0.25, 0.3) is 10.2 Å². The largest absolute Gasteiger partial charge is 0.542 e. The molecule has 9 nitrogen and oxygen atoms in total. The first-order chi connectivity index (χ1) is 16.2. The van der Waals surface area contributed by atoms with Crippen molar-refractivity contribution in [3.8, 4) is 0 Å². The van der Waals surface area contributed by atoms with Gasteiger partial charge >= 0.3 is 12.1 Å². The van der Waals surface area contributed by atoms with E-state index in [9.17, 15) is 30.8 Å². The van der Waals surface area contributed by atoms with Crippen molar-refractivity contribution in [2.24, 2.45) is 0 Å². The highest BCUT2D eigenvalue weighted by molar-refractivity contribution is 7.90. The van der Waals surface area contributed by atoms with Crippen LogP contribution in [0.2, 0.25) is 0 Å². The highest BCUT2D eigenvalue weighted by Crippen LogP contribution is 2.21. The van der Waals surface area contributed by atoms with Gasteiger partial charge in [-0.2, -0.15) is 26.3 Å². The lowest BCUT2D eigenvalue weighted by Crippen LogP contribution is -3.05. The maximum absolute atomic E-state index is 13.8. The fraction of sp³-hybridized carbons (Fsp3) is 0.619. The number of rotatable bonds is 13. The van der Waals surface area contributed by atoms with Gasteiger partial charge in [-0.15, -0.1) is 0 Å². The van der Waals surface area contributed by atoms with Crippen LogP contribution in [-0.2, 0) is 26.2 Å². The van der Waals surface area contributed by atoms with Crippen molar-refractivity contribution in [3.63, 3.8) is 0 Å². The minimum atomic E-state index is -5.19. The fourth-order valence-electron chi connectivity index (χ4n) is 3.42. The summed E-state index contributed by atoms with van der Waals surface area (Å²) in [6, 6.07) is 7.03. The van der Waals surface area contributed by atoms with Crippen LogP contribution in [0.25, 0.3) is 0 Å². The molecule has 35 heavy (non-hydrogen) atoms. The molecule has 0 amide bonds. The minimum absolute atomic E-state index is 0.262. The van der Waals surface area contributed by atoms with E-state index < -0.39 is 40.0 Å². The summed E-state index contributed by atoms with van der Waals surface area (Å²) >= 11 is 0. The normalized spacial score (nSPS) is 15.8. The quantitative estimate of drug-likeness (QED) is 0.278. The Balaban J connectivity index is 0.000000762. The van der Waals surface area contributed by atoms with Crippen LogP contribution in [-0.4, -0.2) is 56.4 Å². The number of halogens is 4. The highest BCUT2D eigenvalue weighted by atomic mass is 32.2. The topological polar surface area (TPSA) is 152 Å². The number of carboxylic acid groups (broad SMARTS) is 2. The molecule has 1 aromatic rings. The Bertz CT molecular complexity index is 939. The Hall–Kier alpha value is -2.45. The molecule has 1 aliphatic rings. The summed E-state index contributed by atoms with van der Waals surface area (Å²) in [5.74, 6) is -4.05. The number of benzene rings is 1. The third kappa shape index (κ3) is 11.7. The maximum Gasteiger partial charge on any atom is 0.430 e. The smallest absolute Gasteiger partial charge is 0.430 e. The van der Waals surface area contributed by atoms with Gasteiger partial charge in [-0.05, 0) is 37.3 Å². The van der Waals surface area contributed by atoms with E-state index in [1.165, 1.54) is 0 Å². The third-order valence-corrected chi connectivity index (χ3v) is 6.43. The average molecular weight is 530 g/mol. The van der Waals surface area contributed by atoms with Gasteiger partial charge in [0.2, 0.25) is 0 Å². The zero-order valence-corrected chi connectivity index (χ0v) is 20.1. The summed E-state index contributed by atoms with van der Waals surface area (Å²) in [5, 5.41) is 19.7. The predicted octanol–water partition coefficient (Wildman–Crippen LogP) is 0.873. The van der Waals surface area contributed by atoms with Crippen molar-refractivity contribution in [1.29, 1.82) is 0 Å². The SMILES string of the molecule is CCCCC(F)CCCc1ccccc1NS(=O)(=O)NC1(CC(=O)O)C[NH2+]C1.O=C([O-])C(F)(F)F. The molecule has 0 bridgehead atoms. The summed E-state index contributed by atoms with van der Waals surface area (Å²) in [4.78, 5) is 19.8. The van der Waals surface area contributed by atoms with E-state index in [1.54, 1.807) is 12.1 Å². The first-order valence-electron chi connectivity index (χ1n) is 11.0. The Morgan fingerprint density at radius 3 is 2.26 bits per heavy atom. The van der Waals surface area contributed by atoms with E-state index in [0.717, 1.165) is 18.4 Å². The van der Waals surface area contributed by atoms with E-state index in [4.69, 9.17) is 15.0 Å². The molecule has 1 unspecified atom stereocenters. The number of nitrogens with one attached hydrogen (secondary N) is 2. The molecule has 2 rings (SSSR count). The summed E-state index contributed by atoms with van der Waals surface area (Å²) in [5.41, 5.74) is 0.267. The van der Waals surface area contributed by atoms with Gasteiger partial charge in [0.1, 0.15) is 30.8 Å². The molecule has 0 saturated carbocycles. The van der Waals surface area contributed by atoms with Crippen molar-refractivity contribution in [1.82, 2.24) is 4.72 Å². The van der Waals surface area contributed by atoms with E-state index in [-0.39, 0.29) is 6.42 Å². The first-order valence-corrected chi connectivity index (χ1v) is 12.5. The number of hydrogen-bond acceptors (Lipinski definition) is 5. The number of carbonyl (C=O) groups is 2. The van der Waals surface area contributed by atoms with Gasteiger partial charge < -0.3 is 20.3 Å². The second kappa shape index (κ2) is 13.6. The number of carbonyl (C=O) groups excluding carboxylic acids is 1. The number of nitrogens with two attached hydrogens (primary N) is 1. The highest BCUT2D eigenvalue weighted by Gasteiger charge is 2.47. The van der Waals surface area contributed by atoms with Crippen molar-refractivity contribution in [2.75, 3.05) is 17.8 Å². The zero-order chi connectivity index (χ0) is 26.7. The molecule has 0 aromatic heterocycles. The molecule has 1 atom stereocenters. The summed E-state index contributed by atoms with van der Waals surface area (Å²) in [6.07, 6.45) is -2.21. The second-order valence-electron chi connectivity index (χ2n) is 8.33. The Morgan fingerprint density at radius 2 is 1.77 bits per heavy atom. The number of para-hydroxylation sites is 1. The number of carboxylic acids is 2. The van der Waals surface area contributed by atoms with Crippen molar-refractivity contribution in [3.05, 3.63) is 29.8 Å². The molecule has 0 spiro atoms. The monoisotopic (exact) mass is 529 g/mol. The summed E-state index contributed by atoms with van der Waals surface area (Å²) in [7, 11) is -3.93. The maximum atomic E-state index is 13.8. The van der Waals surface area contributed by atoms with E-state index in [1.807, 2.05) is 24.4 Å². The van der Waals surface area contributed by atoms with Gasteiger partial charge in [0.05, 0.1) is 12.1 Å². The van der Waals surface area contributed by atoms with E-state index in [0.29, 0.717) is 44.5 Å². The Morgan fingerprint density at radius 1 is 1.20 bits per heavy atom. The lowest BCUT2D eigenvalue weighted by Gasteiger charge is -2.37. The van der Waals surface area contributed by atoms with Crippen LogP contribution in [0.3, 0.4) is 0 Å². The van der Waals surface area contributed by atoms with E-state index in [2.05, 4.69) is 9.44 Å².